The number of hydrogen-bond acceptors (Lipinski definition) is 5. The van der Waals surface area contributed by atoms with Crippen molar-refractivity contribution in [3.05, 3.63) is 48.5 Å². The van der Waals surface area contributed by atoms with Crippen LogP contribution < -0.4 is 15.4 Å². The third kappa shape index (κ3) is 5.34. The first kappa shape index (κ1) is 24.0. The number of ether oxygens (including phenoxy) is 1. The van der Waals surface area contributed by atoms with Crippen molar-refractivity contribution in [2.45, 2.75) is 30.6 Å². The van der Waals surface area contributed by atoms with Crippen LogP contribution in [0, 0.1) is 5.92 Å². The molecule has 2 heterocycles. The summed E-state index contributed by atoms with van der Waals surface area (Å²) in [5.41, 5.74) is 1.08. The van der Waals surface area contributed by atoms with Crippen LogP contribution in [-0.4, -0.2) is 62.9 Å². The number of amides is 3. The molecule has 0 spiro atoms. The molecule has 0 unspecified atom stereocenters. The van der Waals surface area contributed by atoms with Crippen molar-refractivity contribution in [1.29, 1.82) is 0 Å². The number of nitrogens with zero attached hydrogens (tertiary/aromatic N) is 2. The minimum Gasteiger partial charge on any atom is -0.497 e. The topological polar surface area (TPSA) is 108 Å². The van der Waals surface area contributed by atoms with Crippen molar-refractivity contribution in [3.8, 4) is 5.75 Å². The molecule has 0 atom stereocenters. The molecule has 2 N–H and O–H groups in total. The highest BCUT2D eigenvalue weighted by molar-refractivity contribution is 7.89. The van der Waals surface area contributed by atoms with Crippen molar-refractivity contribution in [1.82, 2.24) is 9.21 Å². The summed E-state index contributed by atoms with van der Waals surface area (Å²) < 4.78 is 32.4. The molecule has 9 nitrogen and oxygen atoms in total. The third-order valence-electron chi connectivity index (χ3n) is 6.34. The van der Waals surface area contributed by atoms with E-state index in [-0.39, 0.29) is 35.8 Å². The summed E-state index contributed by atoms with van der Waals surface area (Å²) in [5.74, 6) is 0.0975. The normalized spacial score (nSPS) is 17.4. The summed E-state index contributed by atoms with van der Waals surface area (Å²) >= 11 is 0. The maximum Gasteiger partial charge on any atom is 0.321 e. The van der Waals surface area contributed by atoms with Crippen LogP contribution in [0.25, 0.3) is 0 Å². The molecule has 2 aromatic rings. The molecule has 0 bridgehead atoms. The molecule has 0 aliphatic carbocycles. The molecule has 0 aromatic heterocycles. The lowest BCUT2D eigenvalue weighted by Crippen LogP contribution is -2.41. The predicted molar refractivity (Wildman–Crippen MR) is 129 cm³/mol. The van der Waals surface area contributed by atoms with Crippen LogP contribution in [0.2, 0.25) is 0 Å². The molecule has 0 radical (unpaired) electrons. The Labute approximate surface area is 200 Å². The van der Waals surface area contributed by atoms with Crippen LogP contribution >= 0.6 is 0 Å². The van der Waals surface area contributed by atoms with Gasteiger partial charge in [0.25, 0.3) is 0 Å². The Hall–Kier alpha value is -3.11. The number of likely N-dealkylation sites (tertiary alicyclic amines) is 1. The van der Waals surface area contributed by atoms with Gasteiger partial charge in [0.05, 0.1) is 23.4 Å². The molecule has 2 aliphatic rings. The van der Waals surface area contributed by atoms with Gasteiger partial charge < -0.3 is 20.3 Å². The quantitative estimate of drug-likeness (QED) is 0.651. The standard InChI is InChI=1S/C24H30N4O5S/c1-33-19-8-10-20(11-9-19)34(31,32)28-16-12-18(13-17-28)23(29)25-21-6-2-3-7-22(21)26-24(30)27-14-4-5-15-27/h2-3,6-11,18H,4-5,12-17H2,1H3,(H,25,29)(H,26,30). The molecule has 10 heteroatoms. The highest BCUT2D eigenvalue weighted by atomic mass is 32.2. The third-order valence-corrected chi connectivity index (χ3v) is 8.25. The van der Waals surface area contributed by atoms with Gasteiger partial charge in [-0.05, 0) is 62.1 Å². The second kappa shape index (κ2) is 10.4. The highest BCUT2D eigenvalue weighted by Crippen LogP contribution is 2.28. The first-order valence-electron chi connectivity index (χ1n) is 11.5. The number of piperidine rings is 1. The molecule has 182 valence electrons. The van der Waals surface area contributed by atoms with Crippen LogP contribution in [0.4, 0.5) is 16.2 Å². The van der Waals surface area contributed by atoms with E-state index in [9.17, 15) is 18.0 Å². The van der Waals surface area contributed by atoms with E-state index < -0.39 is 10.0 Å². The van der Waals surface area contributed by atoms with Crippen LogP contribution in [0.1, 0.15) is 25.7 Å². The molecule has 2 saturated heterocycles. The molecule has 2 aliphatic heterocycles. The molecule has 2 fully saturated rings. The van der Waals surface area contributed by atoms with Crippen LogP contribution in [0.15, 0.2) is 53.4 Å². The van der Waals surface area contributed by atoms with E-state index in [1.165, 1.54) is 23.5 Å². The first-order chi connectivity index (χ1) is 16.4. The Morgan fingerprint density at radius 3 is 2.06 bits per heavy atom. The van der Waals surface area contributed by atoms with Crippen LogP contribution in [0.5, 0.6) is 5.75 Å². The number of urea groups is 1. The van der Waals surface area contributed by atoms with E-state index in [4.69, 9.17) is 4.74 Å². The number of sulfonamides is 1. The van der Waals surface area contributed by atoms with E-state index in [0.29, 0.717) is 30.0 Å². The van der Waals surface area contributed by atoms with Gasteiger partial charge in [0.2, 0.25) is 15.9 Å². The van der Waals surface area contributed by atoms with Crippen molar-refractivity contribution < 1.29 is 22.7 Å². The fourth-order valence-electron chi connectivity index (χ4n) is 4.31. The van der Waals surface area contributed by atoms with Gasteiger partial charge in [-0.25, -0.2) is 13.2 Å². The average Bonchev–Trinajstić information content (AvgIpc) is 3.41. The summed E-state index contributed by atoms with van der Waals surface area (Å²) in [6.45, 7) is 2.00. The van der Waals surface area contributed by atoms with Crippen LogP contribution in [-0.2, 0) is 14.8 Å². The fourth-order valence-corrected chi connectivity index (χ4v) is 5.78. The molecule has 3 amide bonds. The van der Waals surface area contributed by atoms with Gasteiger partial charge in [0.15, 0.2) is 0 Å². The second-order valence-corrected chi connectivity index (χ2v) is 10.5. The molecular weight excluding hydrogens is 456 g/mol. The smallest absolute Gasteiger partial charge is 0.321 e. The van der Waals surface area contributed by atoms with E-state index in [1.54, 1.807) is 41.3 Å². The monoisotopic (exact) mass is 486 g/mol. The van der Waals surface area contributed by atoms with Crippen molar-refractivity contribution >= 4 is 33.3 Å². The SMILES string of the molecule is COc1ccc(S(=O)(=O)N2CCC(C(=O)Nc3ccccc3NC(=O)N3CCCC3)CC2)cc1. The zero-order valence-electron chi connectivity index (χ0n) is 19.2. The fraction of sp³-hybridized carbons (Fsp3) is 0.417. The first-order valence-corrected chi connectivity index (χ1v) is 12.9. The van der Waals surface area contributed by atoms with Gasteiger partial charge in [-0.1, -0.05) is 12.1 Å². The minimum atomic E-state index is -3.63. The van der Waals surface area contributed by atoms with Crippen molar-refractivity contribution in [2.24, 2.45) is 5.92 Å². The van der Waals surface area contributed by atoms with Gasteiger partial charge in [-0.15, -0.1) is 0 Å². The van der Waals surface area contributed by atoms with E-state index in [1.807, 2.05) is 0 Å². The van der Waals surface area contributed by atoms with E-state index in [0.717, 1.165) is 25.9 Å². The number of carbonyl (C=O) groups excluding carboxylic acids is 2. The summed E-state index contributed by atoms with van der Waals surface area (Å²) in [4.78, 5) is 27.4. The maximum absolute atomic E-state index is 13.0. The van der Waals surface area contributed by atoms with Gasteiger partial charge >= 0.3 is 6.03 Å². The highest BCUT2D eigenvalue weighted by Gasteiger charge is 2.32. The van der Waals surface area contributed by atoms with E-state index >= 15 is 0 Å². The predicted octanol–water partition coefficient (Wildman–Crippen LogP) is 3.36. The largest absolute Gasteiger partial charge is 0.497 e. The second-order valence-electron chi connectivity index (χ2n) is 8.51. The summed E-state index contributed by atoms with van der Waals surface area (Å²) in [7, 11) is -2.10. The number of para-hydroxylation sites is 2. The minimum absolute atomic E-state index is 0.170. The van der Waals surface area contributed by atoms with Crippen LogP contribution in [0.3, 0.4) is 0 Å². The lowest BCUT2D eigenvalue weighted by molar-refractivity contribution is -0.120. The lowest BCUT2D eigenvalue weighted by Gasteiger charge is -2.30. The Morgan fingerprint density at radius 2 is 1.47 bits per heavy atom. The van der Waals surface area contributed by atoms with Crippen molar-refractivity contribution in [3.63, 3.8) is 0 Å². The Bertz CT molecular complexity index is 1120. The molecular formula is C24H30N4O5S. The Kier molecular flexibility index (Phi) is 7.38. The number of rotatable bonds is 6. The van der Waals surface area contributed by atoms with Gasteiger partial charge in [0.1, 0.15) is 5.75 Å². The van der Waals surface area contributed by atoms with Gasteiger partial charge in [-0.2, -0.15) is 4.31 Å². The van der Waals surface area contributed by atoms with Gasteiger partial charge in [0, 0.05) is 32.1 Å². The number of benzene rings is 2. The summed E-state index contributed by atoms with van der Waals surface area (Å²) in [5, 5.41) is 5.81. The van der Waals surface area contributed by atoms with Crippen molar-refractivity contribution in [2.75, 3.05) is 43.9 Å². The number of hydrogen-bond donors (Lipinski definition) is 2. The molecule has 4 rings (SSSR count). The average molecular weight is 487 g/mol. The molecule has 0 saturated carbocycles. The maximum atomic E-state index is 13.0. The Balaban J connectivity index is 1.35. The number of methoxy groups -OCH3 is 1. The Morgan fingerprint density at radius 1 is 0.882 bits per heavy atom. The van der Waals surface area contributed by atoms with E-state index in [2.05, 4.69) is 10.6 Å². The number of anilines is 2. The summed E-state index contributed by atoms with van der Waals surface area (Å²) in [6.07, 6.45) is 2.84. The molecule has 34 heavy (non-hydrogen) atoms. The lowest BCUT2D eigenvalue weighted by atomic mass is 9.97. The van der Waals surface area contributed by atoms with Gasteiger partial charge in [-0.3, -0.25) is 4.79 Å². The summed E-state index contributed by atoms with van der Waals surface area (Å²) in [6, 6.07) is 13.2. The zero-order chi connectivity index (χ0) is 24.1. The molecule has 2 aromatic carbocycles. The number of carbonyl (C=O) groups is 2. The zero-order valence-corrected chi connectivity index (χ0v) is 20.0. The number of nitrogens with one attached hydrogen (secondary N) is 2.